The molecule has 6 nitrogen and oxygen atoms in total. The maximum Gasteiger partial charge on any atom is 0.490 e. The van der Waals surface area contributed by atoms with Gasteiger partial charge in [0, 0.05) is 23.9 Å². The number of carbonyl (C=O) groups is 3. The van der Waals surface area contributed by atoms with Crippen LogP contribution in [-0.2, 0) is 23.9 Å². The third-order valence-electron chi connectivity index (χ3n) is 9.93. The molecule has 0 aromatic heterocycles. The van der Waals surface area contributed by atoms with Crippen LogP contribution in [0.25, 0.3) is 0 Å². The van der Waals surface area contributed by atoms with E-state index in [9.17, 15) is 40.7 Å². The van der Waals surface area contributed by atoms with Crippen molar-refractivity contribution >= 4 is 17.8 Å². The van der Waals surface area contributed by atoms with Crippen LogP contribution in [0.15, 0.2) is 11.1 Å². The van der Waals surface area contributed by atoms with Crippen molar-refractivity contribution < 1.29 is 50.2 Å². The Morgan fingerprint density at radius 3 is 2.32 bits per heavy atom. The molecule has 9 atom stereocenters. The number of piperidine rings is 1. The predicted molar refractivity (Wildman–Crippen MR) is 112 cm³/mol. The summed E-state index contributed by atoms with van der Waals surface area (Å²) >= 11 is 0. The molecule has 6 rings (SSSR count). The van der Waals surface area contributed by atoms with Crippen molar-refractivity contribution in [2.75, 3.05) is 0 Å². The predicted octanol–water partition coefficient (Wildman–Crippen LogP) is 4.47. The third-order valence-corrected chi connectivity index (χ3v) is 9.93. The highest BCUT2D eigenvalue weighted by molar-refractivity contribution is 5.96. The van der Waals surface area contributed by atoms with Gasteiger partial charge >= 0.3 is 30.2 Å². The lowest BCUT2D eigenvalue weighted by Gasteiger charge is -2.53. The van der Waals surface area contributed by atoms with E-state index in [1.807, 2.05) is 0 Å². The fourth-order valence-corrected chi connectivity index (χ4v) is 8.92. The minimum absolute atomic E-state index is 0.0405. The first-order valence-electron chi connectivity index (χ1n) is 12.9. The van der Waals surface area contributed by atoms with Crippen LogP contribution in [0.4, 0.5) is 26.3 Å². The Kier molecular flexibility index (Phi) is 5.33. The van der Waals surface area contributed by atoms with Crippen molar-refractivity contribution in [2.24, 2.45) is 29.6 Å². The molecular weight excluding hydrogens is 508 g/mol. The van der Waals surface area contributed by atoms with Gasteiger partial charge in [0.25, 0.3) is 0 Å². The lowest BCUT2D eigenvalue weighted by molar-refractivity contribution is -0.208. The molecule has 1 spiro atoms. The molecule has 0 radical (unpaired) electrons. The number of esters is 2. The van der Waals surface area contributed by atoms with Gasteiger partial charge in [-0.15, -0.1) is 0 Å². The molecule has 1 saturated heterocycles. The highest BCUT2D eigenvalue weighted by atomic mass is 19.4. The van der Waals surface area contributed by atoms with Crippen molar-refractivity contribution in [2.45, 2.75) is 94.4 Å². The number of halogens is 6. The Labute approximate surface area is 208 Å². The topological polar surface area (TPSA) is 72.9 Å². The van der Waals surface area contributed by atoms with Crippen LogP contribution in [-0.4, -0.2) is 58.9 Å². The number of rotatable bonds is 1. The monoisotopic (exact) mass is 535 g/mol. The SMILES string of the molecule is C[C@H]1CC[C@@H]2[C@@H](C[C@H]3C[C@@]24OC(=O)C2=C4[C@@H]3[C@@H]3CCCC[C@H]3C2OC(=O)C(F)(F)F)N1C(=O)C(F)(F)F. The molecule has 3 saturated carbocycles. The Hall–Kier alpha value is -2.27. The van der Waals surface area contributed by atoms with Gasteiger partial charge in [0.1, 0.15) is 11.7 Å². The molecule has 2 aliphatic heterocycles. The van der Waals surface area contributed by atoms with E-state index in [2.05, 4.69) is 0 Å². The molecule has 0 N–H and O–H groups in total. The van der Waals surface area contributed by atoms with Crippen LogP contribution in [0.3, 0.4) is 0 Å². The van der Waals surface area contributed by atoms with Crippen LogP contribution in [0.2, 0.25) is 0 Å². The Morgan fingerprint density at radius 1 is 1.00 bits per heavy atom. The van der Waals surface area contributed by atoms with E-state index in [4.69, 9.17) is 9.47 Å². The van der Waals surface area contributed by atoms with Crippen molar-refractivity contribution in [3.8, 4) is 0 Å². The second kappa shape index (κ2) is 7.88. The average Bonchev–Trinajstić information content (AvgIpc) is 3.22. The van der Waals surface area contributed by atoms with Gasteiger partial charge in [0.15, 0.2) is 0 Å². The molecule has 6 aliphatic rings. The molecule has 4 fully saturated rings. The van der Waals surface area contributed by atoms with Crippen molar-refractivity contribution in [3.63, 3.8) is 0 Å². The highest BCUT2D eigenvalue weighted by Gasteiger charge is 2.72. The largest absolute Gasteiger partial charge is 0.490 e. The van der Waals surface area contributed by atoms with Crippen molar-refractivity contribution in [3.05, 3.63) is 11.1 Å². The molecular formula is C25H27F6NO5. The normalized spacial score (nSPS) is 42.6. The van der Waals surface area contributed by atoms with Gasteiger partial charge in [0.05, 0.1) is 5.57 Å². The fraction of sp³-hybridized carbons (Fsp3) is 0.800. The molecule has 204 valence electrons. The van der Waals surface area contributed by atoms with E-state index in [1.54, 1.807) is 6.92 Å². The van der Waals surface area contributed by atoms with Gasteiger partial charge in [-0.1, -0.05) is 12.8 Å². The smallest absolute Gasteiger partial charge is 0.451 e. The van der Waals surface area contributed by atoms with Crippen LogP contribution in [0.5, 0.6) is 0 Å². The number of likely N-dealkylation sites (tertiary alicyclic amines) is 1. The van der Waals surface area contributed by atoms with Gasteiger partial charge in [-0.2, -0.15) is 26.3 Å². The molecule has 2 heterocycles. The minimum atomic E-state index is -5.24. The first-order valence-corrected chi connectivity index (χ1v) is 12.9. The number of carbonyl (C=O) groups excluding carboxylic acids is 3. The number of alkyl halides is 6. The van der Waals surface area contributed by atoms with E-state index in [-0.39, 0.29) is 29.7 Å². The summed E-state index contributed by atoms with van der Waals surface area (Å²) in [4.78, 5) is 38.6. The van der Waals surface area contributed by atoms with E-state index < -0.39 is 65.8 Å². The summed E-state index contributed by atoms with van der Waals surface area (Å²) in [7, 11) is 0. The van der Waals surface area contributed by atoms with Crippen LogP contribution >= 0.6 is 0 Å². The van der Waals surface area contributed by atoms with Gasteiger partial charge in [-0.25, -0.2) is 9.59 Å². The van der Waals surface area contributed by atoms with Crippen LogP contribution < -0.4 is 0 Å². The molecule has 0 aromatic carbocycles. The number of amides is 1. The number of ether oxygens (including phenoxy) is 2. The summed E-state index contributed by atoms with van der Waals surface area (Å²) in [6.45, 7) is 1.58. The lowest BCUT2D eigenvalue weighted by Crippen LogP contribution is -2.63. The third kappa shape index (κ3) is 3.41. The molecule has 37 heavy (non-hydrogen) atoms. The quantitative estimate of drug-likeness (QED) is 0.366. The fourth-order valence-electron chi connectivity index (χ4n) is 8.92. The first kappa shape index (κ1) is 25.0. The summed E-state index contributed by atoms with van der Waals surface area (Å²) in [6.07, 6.45) is -7.66. The molecule has 1 amide bonds. The zero-order chi connectivity index (χ0) is 26.7. The van der Waals surface area contributed by atoms with Crippen LogP contribution in [0.1, 0.15) is 58.3 Å². The Balaban J connectivity index is 1.47. The van der Waals surface area contributed by atoms with Gasteiger partial charge < -0.3 is 14.4 Å². The number of fused-ring (bicyclic) bond motifs is 5. The summed E-state index contributed by atoms with van der Waals surface area (Å²) in [5.74, 6) is -6.85. The van der Waals surface area contributed by atoms with Gasteiger partial charge in [-0.3, -0.25) is 4.79 Å². The van der Waals surface area contributed by atoms with E-state index >= 15 is 0 Å². The standard InChI is InChI=1S/C25H27F6NO5/c1-10-6-7-14-15(32(10)21(34)24(26,27)28)8-11-9-23(14)18-16(11)12-4-2-3-5-13(12)19(17(18)20(33)37-23)36-22(35)25(29,30)31/h10-16,19H,2-9H2,1H3/t10-,11-,12+,13+,14+,15+,16-,19?,23+/m0/s1. The Bertz CT molecular complexity index is 1080. The van der Waals surface area contributed by atoms with Gasteiger partial charge in [-0.05, 0) is 68.8 Å². The highest BCUT2D eigenvalue weighted by Crippen LogP contribution is 2.69. The molecule has 12 heteroatoms. The summed E-state index contributed by atoms with van der Waals surface area (Å²) in [5, 5.41) is 0. The number of nitrogens with zero attached hydrogens (tertiary/aromatic N) is 1. The van der Waals surface area contributed by atoms with Crippen molar-refractivity contribution in [1.29, 1.82) is 0 Å². The zero-order valence-corrected chi connectivity index (χ0v) is 20.0. The second-order valence-corrected chi connectivity index (χ2v) is 11.6. The number of hydrogen-bond donors (Lipinski definition) is 0. The average molecular weight is 535 g/mol. The zero-order valence-electron chi connectivity index (χ0n) is 20.0. The summed E-state index contributed by atoms with van der Waals surface area (Å²) in [6, 6.07) is -1.46. The van der Waals surface area contributed by atoms with E-state index in [0.29, 0.717) is 44.1 Å². The maximum absolute atomic E-state index is 13.6. The lowest BCUT2D eigenvalue weighted by atomic mass is 9.60. The number of hydrogen-bond acceptors (Lipinski definition) is 5. The van der Waals surface area contributed by atoms with Crippen LogP contribution in [0, 0.1) is 29.6 Å². The molecule has 0 aromatic rings. The minimum Gasteiger partial charge on any atom is -0.451 e. The van der Waals surface area contributed by atoms with Crippen molar-refractivity contribution in [1.82, 2.24) is 4.90 Å². The second-order valence-electron chi connectivity index (χ2n) is 11.6. The summed E-state index contributed by atoms with van der Waals surface area (Å²) in [5.41, 5.74) is -0.784. The molecule has 2 bridgehead atoms. The molecule has 4 aliphatic carbocycles. The Morgan fingerprint density at radius 2 is 1.68 bits per heavy atom. The van der Waals surface area contributed by atoms with E-state index in [1.165, 1.54) is 0 Å². The summed E-state index contributed by atoms with van der Waals surface area (Å²) < 4.78 is 91.3. The van der Waals surface area contributed by atoms with E-state index in [0.717, 1.165) is 11.3 Å². The first-order chi connectivity index (χ1) is 17.3. The molecule has 1 unspecified atom stereocenters. The van der Waals surface area contributed by atoms with Gasteiger partial charge in [0.2, 0.25) is 0 Å². The maximum atomic E-state index is 13.6.